The highest BCUT2D eigenvalue weighted by molar-refractivity contribution is 5.97. The summed E-state index contributed by atoms with van der Waals surface area (Å²) in [6, 6.07) is 9.11. The molecule has 0 atom stereocenters. The number of rotatable bonds is 7. The van der Waals surface area contributed by atoms with Gasteiger partial charge in [0.25, 0.3) is 0 Å². The minimum absolute atomic E-state index is 0.0405. The predicted molar refractivity (Wildman–Crippen MR) is 67.7 cm³/mol. The third kappa shape index (κ3) is 4.61. The van der Waals surface area contributed by atoms with Crippen molar-refractivity contribution in [2.75, 3.05) is 19.6 Å². The molecule has 1 N–H and O–H groups in total. The molecule has 0 aliphatic heterocycles. The summed E-state index contributed by atoms with van der Waals surface area (Å²) in [6.45, 7) is 4.90. The first-order chi connectivity index (χ1) is 8.27. The van der Waals surface area contributed by atoms with Gasteiger partial charge in [-0.15, -0.1) is 11.7 Å². The molecule has 0 aromatic heterocycles. The first kappa shape index (κ1) is 13.1. The molecular weight excluding hydrogens is 216 g/mol. The van der Waals surface area contributed by atoms with Crippen LogP contribution in [0.15, 0.2) is 48.1 Å². The molecule has 90 valence electrons. The van der Waals surface area contributed by atoms with Crippen LogP contribution in [0.4, 0.5) is 0 Å². The lowest BCUT2D eigenvalue weighted by Gasteiger charge is -2.16. The third-order valence-corrected chi connectivity index (χ3v) is 2.27. The molecule has 0 unspecified atom stereocenters. The molecule has 1 aromatic carbocycles. The number of Topliss-reactive ketones (excluding diaryl/α,β-unsaturated/α-hetero) is 1. The van der Waals surface area contributed by atoms with Crippen LogP contribution in [0.2, 0.25) is 0 Å². The van der Waals surface area contributed by atoms with E-state index in [-0.39, 0.29) is 12.3 Å². The van der Waals surface area contributed by atoms with Gasteiger partial charge in [-0.2, -0.15) is 0 Å². The highest BCUT2D eigenvalue weighted by Gasteiger charge is 2.10. The maximum absolute atomic E-state index is 11.9. The van der Waals surface area contributed by atoms with Crippen LogP contribution in [0.5, 0.6) is 0 Å². The molecule has 0 saturated carbocycles. The van der Waals surface area contributed by atoms with E-state index in [4.69, 9.17) is 5.21 Å². The van der Waals surface area contributed by atoms with Crippen molar-refractivity contribution in [1.29, 1.82) is 0 Å². The van der Waals surface area contributed by atoms with Gasteiger partial charge in [-0.25, -0.2) is 0 Å². The van der Waals surface area contributed by atoms with Crippen LogP contribution >= 0.6 is 0 Å². The minimum Gasteiger partial charge on any atom is -0.411 e. The number of hydrogen-bond acceptors (Lipinski definition) is 4. The van der Waals surface area contributed by atoms with Crippen molar-refractivity contribution in [2.45, 2.75) is 0 Å². The van der Waals surface area contributed by atoms with Crippen molar-refractivity contribution in [3.05, 3.63) is 48.6 Å². The quantitative estimate of drug-likeness (QED) is 0.256. The van der Waals surface area contributed by atoms with E-state index >= 15 is 0 Å². The monoisotopic (exact) mass is 232 g/mol. The lowest BCUT2D eigenvalue weighted by molar-refractivity contribution is 0.0947. The van der Waals surface area contributed by atoms with Gasteiger partial charge in [-0.1, -0.05) is 36.4 Å². The molecule has 0 aliphatic rings. The normalized spacial score (nSPS) is 10.9. The summed E-state index contributed by atoms with van der Waals surface area (Å²) in [4.78, 5) is 13.7. The molecule has 4 nitrogen and oxygen atoms in total. The van der Waals surface area contributed by atoms with E-state index in [1.807, 2.05) is 23.1 Å². The number of ketones is 1. The number of benzene rings is 1. The molecule has 0 bridgehead atoms. The Morgan fingerprint density at radius 2 is 2.06 bits per heavy atom. The first-order valence-corrected chi connectivity index (χ1v) is 5.35. The zero-order chi connectivity index (χ0) is 12.5. The summed E-state index contributed by atoms with van der Waals surface area (Å²) < 4.78 is 0. The smallest absolute Gasteiger partial charge is 0.176 e. The van der Waals surface area contributed by atoms with E-state index in [9.17, 15) is 4.79 Å². The van der Waals surface area contributed by atoms with Crippen LogP contribution in [0.25, 0.3) is 0 Å². The molecule has 4 heteroatoms. The molecule has 0 fully saturated rings. The Hall–Kier alpha value is -1.94. The molecule has 1 aromatic rings. The van der Waals surface area contributed by atoms with Gasteiger partial charge in [0.05, 0.1) is 12.8 Å². The summed E-state index contributed by atoms with van der Waals surface area (Å²) in [6.07, 6.45) is 3.06. The van der Waals surface area contributed by atoms with Crippen LogP contribution in [-0.2, 0) is 0 Å². The SMILES string of the molecule is C=CCN(C/C=N\O)CC(=O)c1ccccc1. The van der Waals surface area contributed by atoms with Crippen molar-refractivity contribution in [3.8, 4) is 0 Å². The third-order valence-electron chi connectivity index (χ3n) is 2.27. The highest BCUT2D eigenvalue weighted by Crippen LogP contribution is 2.01. The molecule has 0 saturated heterocycles. The fourth-order valence-electron chi connectivity index (χ4n) is 1.46. The second-order valence-electron chi connectivity index (χ2n) is 3.57. The number of carbonyl (C=O) groups excluding carboxylic acids is 1. The average molecular weight is 232 g/mol. The summed E-state index contributed by atoms with van der Waals surface area (Å²) >= 11 is 0. The van der Waals surface area contributed by atoms with E-state index in [1.54, 1.807) is 18.2 Å². The molecule has 17 heavy (non-hydrogen) atoms. The van der Waals surface area contributed by atoms with Crippen molar-refractivity contribution in [2.24, 2.45) is 5.16 Å². The van der Waals surface area contributed by atoms with E-state index < -0.39 is 0 Å². The number of nitrogens with zero attached hydrogens (tertiary/aromatic N) is 2. The molecule has 0 heterocycles. The van der Waals surface area contributed by atoms with E-state index in [0.717, 1.165) is 0 Å². The zero-order valence-corrected chi connectivity index (χ0v) is 9.62. The zero-order valence-electron chi connectivity index (χ0n) is 9.62. The van der Waals surface area contributed by atoms with Crippen LogP contribution in [0, 0.1) is 0 Å². The fraction of sp³-hybridized carbons (Fsp3) is 0.231. The number of hydrogen-bond donors (Lipinski definition) is 1. The Balaban J connectivity index is 2.60. The van der Waals surface area contributed by atoms with Crippen LogP contribution in [0.3, 0.4) is 0 Å². The van der Waals surface area contributed by atoms with Gasteiger partial charge in [0.1, 0.15) is 0 Å². The minimum atomic E-state index is 0.0405. The summed E-state index contributed by atoms with van der Waals surface area (Å²) in [7, 11) is 0. The van der Waals surface area contributed by atoms with Crippen LogP contribution in [-0.4, -0.2) is 41.7 Å². The first-order valence-electron chi connectivity index (χ1n) is 5.35. The van der Waals surface area contributed by atoms with Crippen LogP contribution < -0.4 is 0 Å². The maximum atomic E-state index is 11.9. The van der Waals surface area contributed by atoms with E-state index in [1.165, 1.54) is 6.21 Å². The lowest BCUT2D eigenvalue weighted by atomic mass is 10.1. The van der Waals surface area contributed by atoms with Gasteiger partial charge in [0.15, 0.2) is 5.78 Å². The Kier molecular flexibility index (Phi) is 5.68. The van der Waals surface area contributed by atoms with E-state index in [2.05, 4.69) is 11.7 Å². The van der Waals surface area contributed by atoms with Gasteiger partial charge in [0, 0.05) is 18.7 Å². The molecular formula is C13H16N2O2. The van der Waals surface area contributed by atoms with Crippen molar-refractivity contribution in [1.82, 2.24) is 4.90 Å². The van der Waals surface area contributed by atoms with Gasteiger partial charge >= 0.3 is 0 Å². The fourth-order valence-corrected chi connectivity index (χ4v) is 1.46. The van der Waals surface area contributed by atoms with Crippen molar-refractivity contribution in [3.63, 3.8) is 0 Å². The number of oxime groups is 1. The molecule has 0 aliphatic carbocycles. The second-order valence-corrected chi connectivity index (χ2v) is 3.57. The second kappa shape index (κ2) is 7.35. The standard InChI is InChI=1S/C13H16N2O2/c1-2-9-15(10-8-14-17)11-13(16)12-6-4-3-5-7-12/h2-8,17H,1,9-11H2/b14-8-. The molecule has 1 rings (SSSR count). The number of carbonyl (C=O) groups is 1. The molecule has 0 amide bonds. The van der Waals surface area contributed by atoms with Gasteiger partial charge in [0.2, 0.25) is 0 Å². The largest absolute Gasteiger partial charge is 0.411 e. The van der Waals surface area contributed by atoms with Gasteiger partial charge < -0.3 is 5.21 Å². The summed E-state index contributed by atoms with van der Waals surface area (Å²) in [5, 5.41) is 11.3. The maximum Gasteiger partial charge on any atom is 0.176 e. The van der Waals surface area contributed by atoms with E-state index in [0.29, 0.717) is 18.7 Å². The van der Waals surface area contributed by atoms with Crippen molar-refractivity contribution >= 4 is 12.0 Å². The summed E-state index contributed by atoms with van der Waals surface area (Å²) in [5.41, 5.74) is 0.683. The Labute approximate surface area is 101 Å². The lowest BCUT2D eigenvalue weighted by Crippen LogP contribution is -2.31. The summed E-state index contributed by atoms with van der Waals surface area (Å²) in [5.74, 6) is 0.0405. The average Bonchev–Trinajstić information content (AvgIpc) is 2.37. The Morgan fingerprint density at radius 3 is 2.65 bits per heavy atom. The Bertz CT molecular complexity index is 388. The predicted octanol–water partition coefficient (Wildman–Crippen LogP) is 1.82. The topological polar surface area (TPSA) is 52.9 Å². The van der Waals surface area contributed by atoms with Gasteiger partial charge in [-0.3, -0.25) is 9.69 Å². The van der Waals surface area contributed by atoms with Crippen LogP contribution in [0.1, 0.15) is 10.4 Å². The molecule has 0 spiro atoms. The Morgan fingerprint density at radius 1 is 1.35 bits per heavy atom. The van der Waals surface area contributed by atoms with Crippen molar-refractivity contribution < 1.29 is 10.0 Å². The van der Waals surface area contributed by atoms with Gasteiger partial charge in [-0.05, 0) is 0 Å². The highest BCUT2D eigenvalue weighted by atomic mass is 16.4. The molecule has 0 radical (unpaired) electrons.